The number of carbonyl (C=O) groups excluding carboxylic acids is 2. The quantitative estimate of drug-likeness (QED) is 0.870. The molecule has 0 spiro atoms. The van der Waals surface area contributed by atoms with Crippen LogP contribution >= 0.6 is 0 Å². The van der Waals surface area contributed by atoms with Crippen molar-refractivity contribution >= 4 is 11.8 Å². The second-order valence-corrected chi connectivity index (χ2v) is 6.03. The van der Waals surface area contributed by atoms with Gasteiger partial charge < -0.3 is 14.9 Å². The van der Waals surface area contributed by atoms with Crippen molar-refractivity contribution in [1.29, 1.82) is 0 Å². The lowest BCUT2D eigenvalue weighted by Gasteiger charge is -2.34. The van der Waals surface area contributed by atoms with Gasteiger partial charge in [-0.1, -0.05) is 12.1 Å². The Morgan fingerprint density at radius 3 is 2.04 bits per heavy atom. The first kappa shape index (κ1) is 18.7. The minimum absolute atomic E-state index is 0.0588. The third kappa shape index (κ3) is 4.02. The number of aromatic nitrogens is 1. The molecule has 2 amide bonds. The molecule has 1 aromatic carbocycles. The molecule has 1 N–H and O–H groups in total. The topological polar surface area (TPSA) is 73.7 Å². The Bertz CT molecular complexity index is 845. The van der Waals surface area contributed by atoms with Gasteiger partial charge in [0.05, 0.1) is 11.1 Å². The fourth-order valence-corrected chi connectivity index (χ4v) is 2.81. The number of nitrogens with zero attached hydrogens (tertiary/aromatic N) is 3. The largest absolute Gasteiger partial charge is 0.507 e. The van der Waals surface area contributed by atoms with Crippen molar-refractivity contribution in [2.24, 2.45) is 0 Å². The number of carbonyl (C=O) groups is 2. The minimum Gasteiger partial charge on any atom is -0.507 e. The maximum atomic E-state index is 12.5. The fraction of sp³-hybridized carbons (Fsp3) is 0.278. The van der Waals surface area contributed by atoms with E-state index in [-0.39, 0.29) is 49.0 Å². The van der Waals surface area contributed by atoms with Crippen molar-refractivity contribution in [3.63, 3.8) is 0 Å². The monoisotopic (exact) mass is 379 g/mol. The minimum atomic E-state index is -4.56. The Labute approximate surface area is 152 Å². The molecule has 9 heteroatoms. The summed E-state index contributed by atoms with van der Waals surface area (Å²) < 4.78 is 37.6. The zero-order valence-corrected chi connectivity index (χ0v) is 14.1. The molecular formula is C18H16F3N3O3. The molecule has 27 heavy (non-hydrogen) atoms. The molecule has 142 valence electrons. The number of rotatable bonds is 2. The molecule has 0 aliphatic carbocycles. The molecule has 6 nitrogen and oxygen atoms in total. The van der Waals surface area contributed by atoms with Gasteiger partial charge in [0.15, 0.2) is 0 Å². The summed E-state index contributed by atoms with van der Waals surface area (Å²) >= 11 is 0. The molecule has 3 rings (SSSR count). The maximum absolute atomic E-state index is 12.5. The van der Waals surface area contributed by atoms with E-state index >= 15 is 0 Å². The Kier molecular flexibility index (Phi) is 5.02. The standard InChI is InChI=1S/C18H16F3N3O3/c19-18(20,21)15-6-5-12(11-22-15)16(26)23-7-9-24(10-8-23)17(27)13-3-1-2-4-14(13)25/h1-6,11,25H,7-10H2. The summed E-state index contributed by atoms with van der Waals surface area (Å²) in [5.74, 6) is -0.890. The summed E-state index contributed by atoms with van der Waals surface area (Å²) in [6.45, 7) is 0.984. The lowest BCUT2D eigenvalue weighted by atomic mass is 10.1. The first-order chi connectivity index (χ1) is 12.8. The van der Waals surface area contributed by atoms with Crippen molar-refractivity contribution in [2.75, 3.05) is 26.2 Å². The summed E-state index contributed by atoms with van der Waals surface area (Å²) in [6, 6.07) is 8.06. The summed E-state index contributed by atoms with van der Waals surface area (Å²) in [6.07, 6.45) is -3.65. The van der Waals surface area contributed by atoms with E-state index in [1.54, 1.807) is 12.1 Å². The molecule has 1 fully saturated rings. The van der Waals surface area contributed by atoms with Gasteiger partial charge in [-0.25, -0.2) is 0 Å². The molecule has 1 saturated heterocycles. The number of halogens is 3. The van der Waals surface area contributed by atoms with Gasteiger partial charge in [-0.2, -0.15) is 13.2 Å². The van der Waals surface area contributed by atoms with Gasteiger partial charge in [0, 0.05) is 32.4 Å². The van der Waals surface area contributed by atoms with Crippen LogP contribution in [-0.2, 0) is 6.18 Å². The molecule has 0 atom stereocenters. The van der Waals surface area contributed by atoms with Crippen LogP contribution in [0.15, 0.2) is 42.6 Å². The molecule has 2 heterocycles. The highest BCUT2D eigenvalue weighted by atomic mass is 19.4. The number of benzene rings is 1. The number of pyridine rings is 1. The number of piperazine rings is 1. The second-order valence-electron chi connectivity index (χ2n) is 6.03. The molecule has 0 unspecified atom stereocenters. The van der Waals surface area contributed by atoms with Crippen molar-refractivity contribution < 1.29 is 27.9 Å². The Hall–Kier alpha value is -3.10. The number of alkyl halides is 3. The highest BCUT2D eigenvalue weighted by Crippen LogP contribution is 2.27. The van der Waals surface area contributed by atoms with Gasteiger partial charge in [0.2, 0.25) is 0 Å². The predicted molar refractivity (Wildman–Crippen MR) is 89.2 cm³/mol. The first-order valence-corrected chi connectivity index (χ1v) is 8.17. The van der Waals surface area contributed by atoms with Gasteiger partial charge in [-0.3, -0.25) is 14.6 Å². The van der Waals surface area contributed by atoms with Crippen LogP contribution in [0.25, 0.3) is 0 Å². The van der Waals surface area contributed by atoms with Crippen molar-refractivity contribution in [1.82, 2.24) is 14.8 Å². The van der Waals surface area contributed by atoms with E-state index in [1.807, 2.05) is 0 Å². The average Bonchev–Trinajstić information content (AvgIpc) is 2.67. The molecular weight excluding hydrogens is 363 g/mol. The number of phenolic OH excluding ortho intramolecular Hbond substituents is 1. The third-order valence-corrected chi connectivity index (χ3v) is 4.29. The van der Waals surface area contributed by atoms with Crippen LogP contribution in [0.3, 0.4) is 0 Å². The Balaban J connectivity index is 1.63. The molecule has 0 radical (unpaired) electrons. The van der Waals surface area contributed by atoms with Crippen LogP contribution < -0.4 is 0 Å². The van der Waals surface area contributed by atoms with Crippen molar-refractivity contribution in [3.8, 4) is 5.75 Å². The van der Waals surface area contributed by atoms with Gasteiger partial charge in [-0.15, -0.1) is 0 Å². The van der Waals surface area contributed by atoms with E-state index in [4.69, 9.17) is 0 Å². The van der Waals surface area contributed by atoms with E-state index in [2.05, 4.69) is 4.98 Å². The Morgan fingerprint density at radius 2 is 1.52 bits per heavy atom. The zero-order valence-electron chi connectivity index (χ0n) is 14.1. The van der Waals surface area contributed by atoms with Crippen LogP contribution in [-0.4, -0.2) is 57.9 Å². The number of hydrogen-bond acceptors (Lipinski definition) is 4. The Morgan fingerprint density at radius 1 is 0.926 bits per heavy atom. The van der Waals surface area contributed by atoms with Gasteiger partial charge in [0.25, 0.3) is 11.8 Å². The van der Waals surface area contributed by atoms with Gasteiger partial charge in [-0.05, 0) is 24.3 Å². The van der Waals surface area contributed by atoms with Crippen LogP contribution in [0.4, 0.5) is 13.2 Å². The van der Waals surface area contributed by atoms with Gasteiger partial charge in [0.1, 0.15) is 11.4 Å². The zero-order chi connectivity index (χ0) is 19.6. The smallest absolute Gasteiger partial charge is 0.433 e. The number of amides is 2. The molecule has 1 aliphatic rings. The molecule has 0 saturated carbocycles. The first-order valence-electron chi connectivity index (χ1n) is 8.17. The average molecular weight is 379 g/mol. The summed E-state index contributed by atoms with van der Waals surface area (Å²) in [4.78, 5) is 31.1. The maximum Gasteiger partial charge on any atom is 0.433 e. The van der Waals surface area contributed by atoms with E-state index in [0.717, 1.165) is 18.3 Å². The highest BCUT2D eigenvalue weighted by molar-refractivity contribution is 5.97. The summed E-state index contributed by atoms with van der Waals surface area (Å²) in [5.41, 5.74) is -0.815. The lowest BCUT2D eigenvalue weighted by molar-refractivity contribution is -0.141. The molecule has 1 aliphatic heterocycles. The predicted octanol–water partition coefficient (Wildman–Crippen LogP) is 2.40. The van der Waals surface area contributed by atoms with E-state index in [1.165, 1.54) is 21.9 Å². The SMILES string of the molecule is O=C(c1ccc(C(F)(F)F)nc1)N1CCN(C(=O)c2ccccc2O)CC1. The lowest BCUT2D eigenvalue weighted by Crippen LogP contribution is -2.50. The van der Waals surface area contributed by atoms with Crippen LogP contribution in [0.2, 0.25) is 0 Å². The van der Waals surface area contributed by atoms with E-state index in [9.17, 15) is 27.9 Å². The van der Waals surface area contributed by atoms with Crippen LogP contribution in [0.5, 0.6) is 5.75 Å². The number of phenols is 1. The van der Waals surface area contributed by atoms with Crippen molar-refractivity contribution in [3.05, 3.63) is 59.4 Å². The third-order valence-electron chi connectivity index (χ3n) is 4.29. The molecule has 2 aromatic rings. The highest BCUT2D eigenvalue weighted by Gasteiger charge is 2.33. The fourth-order valence-electron chi connectivity index (χ4n) is 2.81. The van der Waals surface area contributed by atoms with Crippen LogP contribution in [0, 0.1) is 0 Å². The second kappa shape index (κ2) is 7.26. The van der Waals surface area contributed by atoms with Crippen LogP contribution in [0.1, 0.15) is 26.4 Å². The normalized spacial score (nSPS) is 14.9. The van der Waals surface area contributed by atoms with Crippen molar-refractivity contribution in [2.45, 2.75) is 6.18 Å². The summed E-state index contributed by atoms with van der Waals surface area (Å²) in [5, 5.41) is 9.78. The van der Waals surface area contributed by atoms with E-state index in [0.29, 0.717) is 0 Å². The number of hydrogen-bond donors (Lipinski definition) is 1. The summed E-state index contributed by atoms with van der Waals surface area (Å²) in [7, 11) is 0. The number of aromatic hydroxyl groups is 1. The molecule has 0 bridgehead atoms. The van der Waals surface area contributed by atoms with Gasteiger partial charge >= 0.3 is 6.18 Å². The van der Waals surface area contributed by atoms with E-state index < -0.39 is 17.8 Å². The number of para-hydroxylation sites is 1. The molecule has 1 aromatic heterocycles.